The van der Waals surface area contributed by atoms with Gasteiger partial charge in [0, 0.05) is 46.1 Å². The van der Waals surface area contributed by atoms with Crippen LogP contribution in [0.1, 0.15) is 12.5 Å². The van der Waals surface area contributed by atoms with E-state index in [0.29, 0.717) is 11.5 Å². The van der Waals surface area contributed by atoms with Gasteiger partial charge in [-0.2, -0.15) is 0 Å². The zero-order valence-electron chi connectivity index (χ0n) is 15.5. The van der Waals surface area contributed by atoms with Crippen LogP contribution in [0, 0.1) is 0 Å². The molecule has 0 unspecified atom stereocenters. The van der Waals surface area contributed by atoms with E-state index in [1.165, 1.54) is 18.4 Å². The number of nitrogens with zero attached hydrogens (tertiary/aromatic N) is 3. The Labute approximate surface area is 155 Å². The Hall–Kier alpha value is -2.32. The molecule has 142 valence electrons. The first-order valence-corrected chi connectivity index (χ1v) is 10.0. The lowest BCUT2D eigenvalue weighted by atomic mass is 10.2. The third-order valence-corrected chi connectivity index (χ3v) is 5.73. The Morgan fingerprint density at radius 2 is 1.81 bits per heavy atom. The van der Waals surface area contributed by atoms with Crippen LogP contribution in [0.15, 0.2) is 58.7 Å². The number of aliphatic imine (C=N–C) groups is 1. The summed E-state index contributed by atoms with van der Waals surface area (Å²) in [6.07, 6.45) is 4.02. The maximum atomic E-state index is 12.5. The average molecular weight is 378 g/mol. The minimum absolute atomic E-state index is 0.280. The summed E-state index contributed by atoms with van der Waals surface area (Å²) in [6, 6.07) is 10.9. The Kier molecular flexibility index (Phi) is 7.23. The molecule has 2 aromatic rings. The van der Waals surface area contributed by atoms with Crippen molar-refractivity contribution in [1.82, 2.24) is 19.5 Å². The first-order chi connectivity index (χ1) is 12.4. The monoisotopic (exact) mass is 377 g/mol. The summed E-state index contributed by atoms with van der Waals surface area (Å²) in [5, 5.41) is 6.45. The predicted octanol–water partition coefficient (Wildman–Crippen LogP) is 1.49. The highest BCUT2D eigenvalue weighted by Gasteiger charge is 2.20. The van der Waals surface area contributed by atoms with E-state index in [2.05, 4.69) is 20.2 Å². The topological polar surface area (TPSA) is 78.7 Å². The van der Waals surface area contributed by atoms with E-state index in [1.807, 2.05) is 37.5 Å². The molecule has 0 spiro atoms. The summed E-state index contributed by atoms with van der Waals surface area (Å²) in [6.45, 7) is 4.55. The lowest BCUT2D eigenvalue weighted by Crippen LogP contribution is -2.38. The molecule has 2 N–H and O–H groups in total. The van der Waals surface area contributed by atoms with Gasteiger partial charge in [0.2, 0.25) is 10.0 Å². The smallest absolute Gasteiger partial charge is 0.242 e. The number of hydrogen-bond acceptors (Lipinski definition) is 3. The highest BCUT2D eigenvalue weighted by Crippen LogP contribution is 2.19. The summed E-state index contributed by atoms with van der Waals surface area (Å²) in [5.41, 5.74) is 0.670. The fourth-order valence-electron chi connectivity index (χ4n) is 2.41. The van der Waals surface area contributed by atoms with E-state index in [1.54, 1.807) is 18.2 Å². The third-order valence-electron chi connectivity index (χ3n) is 3.81. The molecule has 2 rings (SSSR count). The fraction of sp³-hybridized carbons (Fsp3) is 0.389. The van der Waals surface area contributed by atoms with Crippen LogP contribution in [0.2, 0.25) is 0 Å². The minimum Gasteiger partial charge on any atom is -0.357 e. The van der Waals surface area contributed by atoms with Gasteiger partial charge in [-0.05, 0) is 30.7 Å². The van der Waals surface area contributed by atoms with Gasteiger partial charge in [-0.3, -0.25) is 0 Å². The molecule has 7 nitrogen and oxygen atoms in total. The van der Waals surface area contributed by atoms with Gasteiger partial charge in [-0.25, -0.2) is 17.7 Å². The van der Waals surface area contributed by atoms with Crippen molar-refractivity contribution in [3.8, 4) is 0 Å². The highest BCUT2D eigenvalue weighted by atomic mass is 32.2. The molecule has 1 heterocycles. The van der Waals surface area contributed by atoms with Crippen molar-refractivity contribution < 1.29 is 8.42 Å². The lowest BCUT2D eigenvalue weighted by molar-refractivity contribution is 0.519. The molecule has 0 fully saturated rings. The van der Waals surface area contributed by atoms with Gasteiger partial charge < -0.3 is 15.2 Å². The van der Waals surface area contributed by atoms with Gasteiger partial charge >= 0.3 is 0 Å². The van der Waals surface area contributed by atoms with Crippen LogP contribution in [0.5, 0.6) is 0 Å². The molecule has 26 heavy (non-hydrogen) atoms. The predicted molar refractivity (Wildman–Crippen MR) is 105 cm³/mol. The molecule has 0 aliphatic rings. The van der Waals surface area contributed by atoms with Crippen molar-refractivity contribution in [3.63, 3.8) is 0 Å². The van der Waals surface area contributed by atoms with Crippen LogP contribution in [-0.2, 0) is 23.1 Å². The third kappa shape index (κ3) is 5.34. The lowest BCUT2D eigenvalue weighted by Gasteiger charge is -2.15. The maximum Gasteiger partial charge on any atom is 0.242 e. The van der Waals surface area contributed by atoms with Crippen LogP contribution in [0.3, 0.4) is 0 Å². The SMILES string of the molecule is CCNC(=NCc1ccccc1S(=O)(=O)N(C)C)NCCn1cccc1. The van der Waals surface area contributed by atoms with Gasteiger partial charge in [0.15, 0.2) is 5.96 Å². The second-order valence-corrected chi connectivity index (χ2v) is 8.06. The van der Waals surface area contributed by atoms with Crippen molar-refractivity contribution in [1.29, 1.82) is 0 Å². The first kappa shape index (κ1) is 20.0. The van der Waals surface area contributed by atoms with E-state index in [9.17, 15) is 8.42 Å². The quantitative estimate of drug-likeness (QED) is 0.540. The molecule has 0 saturated carbocycles. The van der Waals surface area contributed by atoms with Gasteiger partial charge in [0.25, 0.3) is 0 Å². The Morgan fingerprint density at radius 1 is 1.12 bits per heavy atom. The number of sulfonamides is 1. The zero-order valence-corrected chi connectivity index (χ0v) is 16.3. The molecule has 1 aromatic heterocycles. The number of nitrogens with one attached hydrogen (secondary N) is 2. The second kappa shape index (κ2) is 9.40. The van der Waals surface area contributed by atoms with E-state index in [0.717, 1.165) is 19.6 Å². The summed E-state index contributed by atoms with van der Waals surface area (Å²) < 4.78 is 28.2. The number of aromatic nitrogens is 1. The van der Waals surface area contributed by atoms with Crippen molar-refractivity contribution in [2.24, 2.45) is 4.99 Å². The standard InChI is InChI=1S/C18H27N5O2S/c1-4-19-18(20-11-14-23-12-7-8-13-23)21-15-16-9-5-6-10-17(16)26(24,25)22(2)3/h5-10,12-13H,4,11,14-15H2,1-3H3,(H2,19,20,21). The first-order valence-electron chi connectivity index (χ1n) is 8.58. The Bertz CT molecular complexity index is 814. The van der Waals surface area contributed by atoms with Gasteiger partial charge in [0.1, 0.15) is 0 Å². The molecule has 0 radical (unpaired) electrons. The molecule has 0 aliphatic carbocycles. The molecular weight excluding hydrogens is 350 g/mol. The van der Waals surface area contributed by atoms with E-state index < -0.39 is 10.0 Å². The second-order valence-electron chi connectivity index (χ2n) is 5.94. The number of benzene rings is 1. The Balaban J connectivity index is 2.09. The normalized spacial score (nSPS) is 12.4. The van der Waals surface area contributed by atoms with Crippen molar-refractivity contribution in [2.75, 3.05) is 27.2 Å². The van der Waals surface area contributed by atoms with Gasteiger partial charge in [-0.15, -0.1) is 0 Å². The van der Waals surface area contributed by atoms with E-state index in [-0.39, 0.29) is 11.4 Å². The molecule has 0 amide bonds. The number of rotatable bonds is 8. The van der Waals surface area contributed by atoms with Gasteiger partial charge in [0.05, 0.1) is 11.4 Å². The number of hydrogen-bond donors (Lipinski definition) is 2. The van der Waals surface area contributed by atoms with Crippen LogP contribution < -0.4 is 10.6 Å². The molecular formula is C18H27N5O2S. The molecule has 1 aromatic carbocycles. The summed E-state index contributed by atoms with van der Waals surface area (Å²) in [7, 11) is -0.434. The van der Waals surface area contributed by atoms with E-state index >= 15 is 0 Å². The van der Waals surface area contributed by atoms with Crippen LogP contribution in [0.25, 0.3) is 0 Å². The minimum atomic E-state index is -3.49. The molecule has 8 heteroatoms. The van der Waals surface area contributed by atoms with Gasteiger partial charge in [-0.1, -0.05) is 18.2 Å². The summed E-state index contributed by atoms with van der Waals surface area (Å²) >= 11 is 0. The van der Waals surface area contributed by atoms with Crippen molar-refractivity contribution in [2.45, 2.75) is 24.9 Å². The summed E-state index contributed by atoms with van der Waals surface area (Å²) in [4.78, 5) is 4.83. The maximum absolute atomic E-state index is 12.5. The average Bonchev–Trinajstić information content (AvgIpc) is 3.13. The highest BCUT2D eigenvalue weighted by molar-refractivity contribution is 7.89. The zero-order chi connectivity index (χ0) is 19.0. The molecule has 0 saturated heterocycles. The van der Waals surface area contributed by atoms with Crippen molar-refractivity contribution in [3.05, 3.63) is 54.4 Å². The van der Waals surface area contributed by atoms with Crippen LogP contribution >= 0.6 is 0 Å². The summed E-state index contributed by atoms with van der Waals surface area (Å²) in [5.74, 6) is 0.664. The van der Waals surface area contributed by atoms with Crippen LogP contribution in [-0.4, -0.2) is 50.4 Å². The van der Waals surface area contributed by atoms with E-state index in [4.69, 9.17) is 0 Å². The fourth-order valence-corrected chi connectivity index (χ4v) is 3.52. The molecule has 0 bridgehead atoms. The number of guanidine groups is 1. The van der Waals surface area contributed by atoms with Crippen LogP contribution in [0.4, 0.5) is 0 Å². The molecule has 0 aliphatic heterocycles. The Morgan fingerprint density at radius 3 is 2.46 bits per heavy atom. The van der Waals surface area contributed by atoms with Crippen molar-refractivity contribution >= 4 is 16.0 Å². The largest absolute Gasteiger partial charge is 0.357 e. The molecule has 0 atom stereocenters.